The molecule has 4 aliphatic rings. The van der Waals surface area contributed by atoms with Gasteiger partial charge in [0.05, 0.1) is 49.6 Å². The molecule has 3 aromatic heterocycles. The predicted octanol–water partition coefficient (Wildman–Crippen LogP) is 7.17. The lowest BCUT2D eigenvalue weighted by Gasteiger charge is -2.42. The number of amides is 1. The number of ketones is 1. The molecule has 3 fully saturated rings. The summed E-state index contributed by atoms with van der Waals surface area (Å²) in [5.74, 6) is -0.608. The Kier molecular flexibility index (Phi) is 11.3. The molecule has 8 rings (SSSR count). The molecule has 4 aromatic rings. The number of fused-ring (bicyclic) bond motifs is 6. The highest BCUT2D eigenvalue weighted by Gasteiger charge is 2.56. The third-order valence-electron chi connectivity index (χ3n) is 13.1. The van der Waals surface area contributed by atoms with Gasteiger partial charge in [0.1, 0.15) is 12.1 Å². The fraction of sp³-hybridized carbons (Fsp3) is 0.578. The van der Waals surface area contributed by atoms with E-state index in [1.54, 1.807) is 29.7 Å². The van der Waals surface area contributed by atoms with Gasteiger partial charge >= 0.3 is 5.97 Å². The summed E-state index contributed by atoms with van der Waals surface area (Å²) in [6.07, 6.45) is 6.96. The monoisotopic (exact) mass is 822 g/mol. The van der Waals surface area contributed by atoms with Gasteiger partial charge in [-0.05, 0) is 94.5 Å². The number of cyclic esters (lactones) is 1. The Morgan fingerprint density at radius 1 is 1.16 bits per heavy atom. The Hall–Kier alpha value is -3.75. The molecule has 1 aliphatic carbocycles. The summed E-state index contributed by atoms with van der Waals surface area (Å²) in [7, 11) is 5.53. The number of pyridine rings is 1. The Balaban J connectivity index is 1.27. The van der Waals surface area contributed by atoms with Crippen LogP contribution in [0.5, 0.6) is 0 Å². The maximum atomic E-state index is 15.1. The fourth-order valence-corrected chi connectivity index (χ4v) is 11.1. The first kappa shape index (κ1) is 41.0. The van der Waals surface area contributed by atoms with Crippen LogP contribution < -0.4 is 5.43 Å². The summed E-state index contributed by atoms with van der Waals surface area (Å²) in [5, 5.41) is 4.77. The lowest BCUT2D eigenvalue weighted by molar-refractivity contribution is -0.162. The molecular formula is C45H56N5O6SSi. The van der Waals surface area contributed by atoms with Crippen molar-refractivity contribution >= 4 is 50.1 Å². The molecular weight excluding hydrogens is 767 g/mol. The van der Waals surface area contributed by atoms with Gasteiger partial charge in [0.25, 0.3) is 0 Å². The zero-order valence-corrected chi connectivity index (χ0v) is 36.5. The van der Waals surface area contributed by atoms with Crippen molar-refractivity contribution in [3.8, 4) is 22.5 Å². The van der Waals surface area contributed by atoms with Crippen LogP contribution in [0, 0.1) is 22.7 Å². The standard InChI is InChI=1S/C45H56N5O6SSi/c1-7-49-35-15-14-28-22-30(35)31(38(49)29-11-9-18-46-40(29)44(5,58)54-6)23-43(3,4)26-56-41(52)33-13-10-19-50(48-33)42(53)45(24-37-47-34(28)25-57-37)17-8-12-32(45)39(51)36-21-27(2)16-20-55-36/h9,11,14-15,18,22,25,27,32-33,36,48H,7-8,10,12-13,16-17,19-21,23-24,26H2,1-6H3/t27-,32-,33+,36-,44-,45-/m1/s1. The topological polar surface area (TPSA) is 125 Å². The molecule has 13 heteroatoms. The van der Waals surface area contributed by atoms with E-state index in [-0.39, 0.29) is 24.3 Å². The zero-order valence-electron chi connectivity index (χ0n) is 34.7. The second kappa shape index (κ2) is 16.0. The number of carbonyl (C=O) groups excluding carboxylic acids is 3. The van der Waals surface area contributed by atoms with Crippen LogP contribution >= 0.6 is 11.3 Å². The van der Waals surface area contributed by atoms with Gasteiger partial charge in [0.15, 0.2) is 5.78 Å². The Labute approximate surface area is 349 Å². The molecule has 1 aromatic carbocycles. The van der Waals surface area contributed by atoms with Crippen molar-refractivity contribution in [1.82, 2.24) is 25.0 Å². The van der Waals surface area contributed by atoms with Crippen molar-refractivity contribution in [3.63, 3.8) is 0 Å². The lowest BCUT2D eigenvalue weighted by atomic mass is 9.70. The van der Waals surface area contributed by atoms with Gasteiger partial charge in [0.2, 0.25) is 5.91 Å². The Bertz CT molecular complexity index is 2220. The van der Waals surface area contributed by atoms with Crippen molar-refractivity contribution in [3.05, 3.63) is 58.2 Å². The second-order valence-electron chi connectivity index (χ2n) is 18.0. The van der Waals surface area contributed by atoms with E-state index in [1.165, 1.54) is 0 Å². The summed E-state index contributed by atoms with van der Waals surface area (Å²) in [6, 6.07) is 9.91. The molecule has 11 nitrogen and oxygen atoms in total. The highest BCUT2D eigenvalue weighted by atomic mass is 32.1. The van der Waals surface area contributed by atoms with Crippen LogP contribution in [0.3, 0.4) is 0 Å². The molecule has 3 radical (unpaired) electrons. The zero-order chi connectivity index (χ0) is 41.0. The normalized spacial score (nSPS) is 27.7. The van der Waals surface area contributed by atoms with E-state index >= 15 is 4.79 Å². The summed E-state index contributed by atoms with van der Waals surface area (Å²) in [4.78, 5) is 53.6. The number of Topliss-reactive ketones (excluding diaryl/α,β-unsaturated/α-hetero) is 1. The number of rotatable bonds is 6. The minimum atomic E-state index is -1.01. The van der Waals surface area contributed by atoms with Gasteiger partial charge in [0, 0.05) is 78.2 Å². The molecule has 1 saturated carbocycles. The van der Waals surface area contributed by atoms with Gasteiger partial charge in [-0.15, -0.1) is 11.3 Å². The summed E-state index contributed by atoms with van der Waals surface area (Å²) in [6.45, 7) is 12.4. The second-order valence-corrected chi connectivity index (χ2v) is 19.9. The quantitative estimate of drug-likeness (QED) is 0.159. The molecule has 1 amide bonds. The smallest absolute Gasteiger partial charge is 0.324 e. The lowest BCUT2D eigenvalue weighted by Crippen LogP contribution is -2.61. The highest BCUT2D eigenvalue weighted by Crippen LogP contribution is 2.50. The van der Waals surface area contributed by atoms with Gasteiger partial charge in [-0.25, -0.2) is 10.4 Å². The first-order valence-corrected chi connectivity index (χ1v) is 22.4. The molecule has 6 atom stereocenters. The number of thiazole rings is 1. The number of ether oxygens (including phenoxy) is 3. The molecule has 2 saturated heterocycles. The molecule has 0 unspecified atom stereocenters. The van der Waals surface area contributed by atoms with Crippen LogP contribution in [0.4, 0.5) is 0 Å². The van der Waals surface area contributed by atoms with Crippen LogP contribution in [-0.2, 0) is 53.2 Å². The number of nitrogens with zero attached hydrogens (tertiary/aromatic N) is 4. The number of aryl methyl sites for hydroxylation is 1. The maximum absolute atomic E-state index is 15.1. The number of esters is 1. The van der Waals surface area contributed by atoms with Crippen LogP contribution in [0.1, 0.15) is 95.8 Å². The first-order valence-electron chi connectivity index (χ1n) is 21.0. The molecule has 307 valence electrons. The van der Waals surface area contributed by atoms with Crippen molar-refractivity contribution in [2.75, 3.05) is 26.9 Å². The van der Waals surface area contributed by atoms with Gasteiger partial charge < -0.3 is 18.8 Å². The third-order valence-corrected chi connectivity index (χ3v) is 14.4. The molecule has 58 heavy (non-hydrogen) atoms. The third kappa shape index (κ3) is 7.50. The highest BCUT2D eigenvalue weighted by molar-refractivity contribution is 7.10. The number of methoxy groups -OCH3 is 1. The van der Waals surface area contributed by atoms with Crippen molar-refractivity contribution in [2.45, 2.75) is 116 Å². The van der Waals surface area contributed by atoms with Crippen molar-refractivity contribution < 1.29 is 28.6 Å². The number of nitrogens with one attached hydrogen (secondary N) is 1. The maximum Gasteiger partial charge on any atom is 0.324 e. The number of hydrogen-bond acceptors (Lipinski definition) is 10. The Morgan fingerprint density at radius 2 is 1.98 bits per heavy atom. The van der Waals surface area contributed by atoms with Crippen LogP contribution in [0.2, 0.25) is 0 Å². The van der Waals surface area contributed by atoms with E-state index < -0.39 is 34.1 Å². The SMILES string of the molecule is CCn1c(-c2cccnc2[C@@](C)([Si])OC)c2c3cc(ccc31)-c1csc(n1)C[C@@]1(CCC[C@@H]1C(=O)[C@H]1C[C@H](C)CCO1)C(=O)N1CCC[C@H](N1)C(=O)OCC(C)(C)C2. The van der Waals surface area contributed by atoms with Crippen LogP contribution in [-0.4, -0.2) is 86.5 Å². The predicted molar refractivity (Wildman–Crippen MR) is 225 cm³/mol. The average molecular weight is 823 g/mol. The van der Waals surface area contributed by atoms with E-state index in [1.807, 2.05) is 13.0 Å². The van der Waals surface area contributed by atoms with Crippen molar-refractivity contribution in [1.29, 1.82) is 0 Å². The van der Waals surface area contributed by atoms with Crippen molar-refractivity contribution in [2.24, 2.45) is 22.7 Å². The van der Waals surface area contributed by atoms with Gasteiger partial charge in [-0.2, -0.15) is 0 Å². The van der Waals surface area contributed by atoms with E-state index in [0.29, 0.717) is 70.6 Å². The largest absolute Gasteiger partial charge is 0.464 e. The summed E-state index contributed by atoms with van der Waals surface area (Å²) >= 11 is 1.54. The number of carbonyl (C=O) groups is 3. The number of aromatic nitrogens is 3. The van der Waals surface area contributed by atoms with Gasteiger partial charge in [-0.1, -0.05) is 33.3 Å². The molecule has 6 bridgehead atoms. The minimum absolute atomic E-state index is 0.0307. The van der Waals surface area contributed by atoms with E-state index in [4.69, 9.17) is 24.2 Å². The first-order chi connectivity index (χ1) is 27.7. The molecule has 1 spiro atoms. The molecule has 3 aliphatic heterocycles. The molecule has 1 N–H and O–H groups in total. The van der Waals surface area contributed by atoms with E-state index in [9.17, 15) is 9.59 Å². The average Bonchev–Trinajstić information content (AvgIpc) is 3.95. The number of hydrogen-bond donors (Lipinski definition) is 1. The fourth-order valence-electron chi connectivity index (χ4n) is 9.95. The summed E-state index contributed by atoms with van der Waals surface area (Å²) < 4.78 is 20.5. The van der Waals surface area contributed by atoms with E-state index in [0.717, 1.165) is 62.5 Å². The number of benzene rings is 1. The summed E-state index contributed by atoms with van der Waals surface area (Å²) in [5.41, 5.74) is 8.59. The number of hydrazine groups is 1. The van der Waals surface area contributed by atoms with Crippen LogP contribution in [0.15, 0.2) is 41.9 Å². The minimum Gasteiger partial charge on any atom is -0.464 e. The van der Waals surface area contributed by atoms with Gasteiger partial charge in [-0.3, -0.25) is 24.4 Å². The van der Waals surface area contributed by atoms with E-state index in [2.05, 4.69) is 77.6 Å². The Morgan fingerprint density at radius 3 is 2.76 bits per heavy atom. The van der Waals surface area contributed by atoms with Crippen LogP contribution in [0.25, 0.3) is 33.4 Å². The molecule has 6 heterocycles.